The average molecular weight is 519 g/mol. The second kappa shape index (κ2) is 13.1. The summed E-state index contributed by atoms with van der Waals surface area (Å²) in [5, 5.41) is 23.2. The van der Waals surface area contributed by atoms with E-state index in [1.54, 1.807) is 0 Å². The van der Waals surface area contributed by atoms with E-state index in [-0.39, 0.29) is 30.8 Å². The van der Waals surface area contributed by atoms with Crippen molar-refractivity contribution in [1.82, 2.24) is 10.2 Å². The fourth-order valence-corrected chi connectivity index (χ4v) is 4.71. The number of aliphatic hydroxyl groups is 2. The summed E-state index contributed by atoms with van der Waals surface area (Å²) in [6.45, 7) is 4.61. The molecular formula is C31H38N2O5. The zero-order chi connectivity index (χ0) is 27.1. The van der Waals surface area contributed by atoms with Gasteiger partial charge in [-0.15, -0.1) is 0 Å². The molecule has 3 N–H and O–H groups in total. The number of amides is 1. The molecule has 0 spiro atoms. The zero-order valence-corrected chi connectivity index (χ0v) is 22.3. The summed E-state index contributed by atoms with van der Waals surface area (Å²) in [5.74, 6) is -0.0679. The standard InChI is InChI=1S/C31H38N2O5/c1-21(30(36)26-7-5-4-6-8-26)33(3)19-28-17-29(25-13-11-24(20-34)12-14-25)38-31(37-28)27-15-9-23(10-16-27)18-32-22(2)35/h4-16,21,28-31,34,36H,17-20H2,1-3H3,(H,32,35). The van der Waals surface area contributed by atoms with E-state index >= 15 is 0 Å². The molecular weight excluding hydrogens is 480 g/mol. The second-order valence-corrected chi connectivity index (χ2v) is 10.0. The van der Waals surface area contributed by atoms with Gasteiger partial charge in [0.15, 0.2) is 6.29 Å². The van der Waals surface area contributed by atoms with Crippen molar-refractivity contribution in [2.75, 3.05) is 13.6 Å². The molecule has 5 atom stereocenters. The topological polar surface area (TPSA) is 91.3 Å². The van der Waals surface area contributed by atoms with E-state index in [4.69, 9.17) is 9.47 Å². The van der Waals surface area contributed by atoms with Gasteiger partial charge >= 0.3 is 0 Å². The van der Waals surface area contributed by atoms with Crippen LogP contribution in [0, 0.1) is 0 Å². The van der Waals surface area contributed by atoms with E-state index in [1.807, 2.05) is 92.8 Å². The van der Waals surface area contributed by atoms with E-state index in [0.717, 1.165) is 27.8 Å². The lowest BCUT2D eigenvalue weighted by Gasteiger charge is -2.39. The summed E-state index contributed by atoms with van der Waals surface area (Å²) < 4.78 is 12.9. The van der Waals surface area contributed by atoms with Gasteiger partial charge in [0.05, 0.1) is 24.9 Å². The van der Waals surface area contributed by atoms with Crippen LogP contribution >= 0.6 is 0 Å². The molecule has 7 heteroatoms. The van der Waals surface area contributed by atoms with E-state index in [2.05, 4.69) is 10.2 Å². The third kappa shape index (κ3) is 7.28. The van der Waals surface area contributed by atoms with Gasteiger partial charge in [-0.25, -0.2) is 0 Å². The lowest BCUT2D eigenvalue weighted by atomic mass is 9.98. The summed E-state index contributed by atoms with van der Waals surface area (Å²) in [6, 6.07) is 25.3. The Morgan fingerprint density at radius 1 is 0.974 bits per heavy atom. The van der Waals surface area contributed by atoms with Gasteiger partial charge in [0.2, 0.25) is 5.91 Å². The predicted molar refractivity (Wildman–Crippen MR) is 146 cm³/mol. The quantitative estimate of drug-likeness (QED) is 0.368. The molecule has 5 unspecified atom stereocenters. The molecule has 1 fully saturated rings. The average Bonchev–Trinajstić information content (AvgIpc) is 2.95. The highest BCUT2D eigenvalue weighted by atomic mass is 16.7. The maximum absolute atomic E-state index is 11.3. The number of carbonyl (C=O) groups excluding carboxylic acids is 1. The van der Waals surface area contributed by atoms with Crippen molar-refractivity contribution in [2.24, 2.45) is 0 Å². The van der Waals surface area contributed by atoms with Crippen LogP contribution < -0.4 is 5.32 Å². The van der Waals surface area contributed by atoms with Crippen LogP contribution in [0.15, 0.2) is 78.9 Å². The van der Waals surface area contributed by atoms with Crippen LogP contribution in [0.25, 0.3) is 0 Å². The Balaban J connectivity index is 1.50. The number of aliphatic hydroxyl groups excluding tert-OH is 2. The predicted octanol–water partition coefficient (Wildman–Crippen LogP) is 4.41. The fraction of sp³-hybridized carbons (Fsp3) is 0.387. The lowest BCUT2D eigenvalue weighted by molar-refractivity contribution is -0.253. The van der Waals surface area contributed by atoms with Gasteiger partial charge < -0.3 is 25.0 Å². The number of nitrogens with one attached hydrogen (secondary N) is 1. The molecule has 0 saturated carbocycles. The number of hydrogen-bond donors (Lipinski definition) is 3. The summed E-state index contributed by atoms with van der Waals surface area (Å²) in [5.41, 5.74) is 4.67. The first-order valence-electron chi connectivity index (χ1n) is 13.1. The van der Waals surface area contributed by atoms with Crippen LogP contribution in [-0.4, -0.2) is 46.8 Å². The molecule has 3 aromatic carbocycles. The molecule has 7 nitrogen and oxygen atoms in total. The first-order chi connectivity index (χ1) is 18.3. The van der Waals surface area contributed by atoms with Crippen LogP contribution in [0.3, 0.4) is 0 Å². The number of nitrogens with zero attached hydrogens (tertiary/aromatic N) is 1. The number of benzene rings is 3. The Kier molecular flexibility index (Phi) is 9.66. The minimum atomic E-state index is -0.616. The summed E-state index contributed by atoms with van der Waals surface area (Å²) in [4.78, 5) is 13.4. The molecule has 202 valence electrons. The Hall–Kier alpha value is -3.07. The monoisotopic (exact) mass is 518 g/mol. The Bertz CT molecular complexity index is 1150. The zero-order valence-electron chi connectivity index (χ0n) is 22.3. The van der Waals surface area contributed by atoms with Gasteiger partial charge in [-0.05, 0) is 36.2 Å². The van der Waals surface area contributed by atoms with Crippen molar-refractivity contribution >= 4 is 5.91 Å². The number of hydrogen-bond acceptors (Lipinski definition) is 6. The van der Waals surface area contributed by atoms with Crippen LogP contribution in [0.4, 0.5) is 0 Å². The normalized spacial score (nSPS) is 21.2. The van der Waals surface area contributed by atoms with Gasteiger partial charge in [-0.1, -0.05) is 78.9 Å². The molecule has 38 heavy (non-hydrogen) atoms. The van der Waals surface area contributed by atoms with Crippen molar-refractivity contribution in [3.8, 4) is 0 Å². The molecule has 3 aromatic rings. The minimum Gasteiger partial charge on any atom is -0.392 e. The van der Waals surface area contributed by atoms with Crippen LogP contribution in [0.5, 0.6) is 0 Å². The molecule has 1 amide bonds. The minimum absolute atomic E-state index is 0.00256. The highest BCUT2D eigenvalue weighted by Crippen LogP contribution is 2.38. The van der Waals surface area contributed by atoms with Crippen LogP contribution in [0.1, 0.15) is 66.6 Å². The van der Waals surface area contributed by atoms with Crippen molar-refractivity contribution in [3.05, 3.63) is 107 Å². The van der Waals surface area contributed by atoms with Crippen LogP contribution in [0.2, 0.25) is 0 Å². The first kappa shape index (κ1) is 28.0. The molecule has 0 aliphatic carbocycles. The van der Waals surface area contributed by atoms with Gasteiger partial charge in [0, 0.05) is 38.0 Å². The third-order valence-corrected chi connectivity index (χ3v) is 7.19. The maximum atomic E-state index is 11.3. The van der Waals surface area contributed by atoms with Crippen molar-refractivity contribution in [1.29, 1.82) is 0 Å². The summed E-state index contributed by atoms with van der Waals surface area (Å²) in [7, 11) is 2.01. The SMILES string of the molecule is CC(=O)NCc1ccc(C2OC(CN(C)C(C)C(O)c3ccccc3)CC(c3ccc(CO)cc3)O2)cc1. The molecule has 1 aliphatic rings. The number of ether oxygens (including phenoxy) is 2. The van der Waals surface area contributed by atoms with Gasteiger partial charge in [0.1, 0.15) is 0 Å². The number of likely N-dealkylation sites (N-methyl/N-ethyl adjacent to an activating group) is 1. The number of carbonyl (C=O) groups is 1. The molecule has 1 heterocycles. The largest absolute Gasteiger partial charge is 0.392 e. The van der Waals surface area contributed by atoms with Gasteiger partial charge in [-0.2, -0.15) is 0 Å². The highest BCUT2D eigenvalue weighted by molar-refractivity contribution is 5.72. The lowest BCUT2D eigenvalue weighted by Crippen LogP contribution is -2.43. The summed E-state index contributed by atoms with van der Waals surface area (Å²) in [6.07, 6.45) is -0.837. The fourth-order valence-electron chi connectivity index (χ4n) is 4.71. The Labute approximate surface area is 225 Å². The molecule has 0 bridgehead atoms. The molecule has 0 aromatic heterocycles. The van der Waals surface area contributed by atoms with Crippen LogP contribution in [-0.2, 0) is 27.4 Å². The maximum Gasteiger partial charge on any atom is 0.217 e. The molecule has 1 saturated heterocycles. The highest BCUT2D eigenvalue weighted by Gasteiger charge is 2.34. The van der Waals surface area contributed by atoms with E-state index < -0.39 is 12.4 Å². The van der Waals surface area contributed by atoms with E-state index in [1.165, 1.54) is 6.92 Å². The summed E-state index contributed by atoms with van der Waals surface area (Å²) >= 11 is 0. The van der Waals surface area contributed by atoms with Gasteiger partial charge in [-0.3, -0.25) is 9.69 Å². The van der Waals surface area contributed by atoms with E-state index in [9.17, 15) is 15.0 Å². The van der Waals surface area contributed by atoms with Gasteiger partial charge in [0.25, 0.3) is 0 Å². The van der Waals surface area contributed by atoms with Crippen molar-refractivity contribution < 1.29 is 24.5 Å². The molecule has 0 radical (unpaired) electrons. The Morgan fingerprint density at radius 3 is 2.24 bits per heavy atom. The smallest absolute Gasteiger partial charge is 0.217 e. The number of rotatable bonds is 10. The van der Waals surface area contributed by atoms with E-state index in [0.29, 0.717) is 19.5 Å². The molecule has 4 rings (SSSR count). The first-order valence-corrected chi connectivity index (χ1v) is 13.1. The molecule has 1 aliphatic heterocycles. The third-order valence-electron chi connectivity index (χ3n) is 7.19. The van der Waals surface area contributed by atoms with Crippen molar-refractivity contribution in [2.45, 2.75) is 64.1 Å². The second-order valence-electron chi connectivity index (χ2n) is 10.0. The Morgan fingerprint density at radius 2 is 1.61 bits per heavy atom. The van der Waals surface area contributed by atoms with Crippen molar-refractivity contribution in [3.63, 3.8) is 0 Å².